The zero-order chi connectivity index (χ0) is 23.9. The van der Waals surface area contributed by atoms with Crippen LogP contribution in [0.3, 0.4) is 0 Å². The van der Waals surface area contributed by atoms with Crippen molar-refractivity contribution < 1.29 is 23.5 Å². The highest BCUT2D eigenvalue weighted by molar-refractivity contribution is 5.73. The van der Waals surface area contributed by atoms with Crippen LogP contribution >= 0.6 is 0 Å². The van der Waals surface area contributed by atoms with Crippen LogP contribution in [-0.2, 0) is 19.1 Å². The van der Waals surface area contributed by atoms with Crippen LogP contribution in [0.2, 0.25) is 0 Å². The number of rotatable bonds is 14. The molecule has 0 aromatic carbocycles. The van der Waals surface area contributed by atoms with E-state index < -0.39 is 0 Å². The minimum absolute atomic E-state index is 0.122. The first kappa shape index (κ1) is 28.9. The van der Waals surface area contributed by atoms with E-state index in [-0.39, 0.29) is 42.7 Å². The number of esters is 2. The van der Waals surface area contributed by atoms with Crippen LogP contribution < -0.4 is 0 Å². The smallest absolute Gasteiger partial charge is 0.362 e. The van der Waals surface area contributed by atoms with Crippen molar-refractivity contribution >= 4 is 11.9 Å². The number of carbonyl (C=O) groups is 2. The van der Waals surface area contributed by atoms with Gasteiger partial charge in [-0.25, -0.2) is 9.59 Å². The highest BCUT2D eigenvalue weighted by Gasteiger charge is 2.25. The number of quaternary nitrogens is 1. The number of hydrogen-bond acceptors (Lipinski definition) is 4. The van der Waals surface area contributed by atoms with Gasteiger partial charge in [-0.3, -0.25) is 0 Å². The van der Waals surface area contributed by atoms with Crippen LogP contribution in [0.5, 0.6) is 0 Å². The molecule has 5 heteroatoms. The van der Waals surface area contributed by atoms with E-state index >= 15 is 0 Å². The van der Waals surface area contributed by atoms with E-state index in [0.29, 0.717) is 0 Å². The second-order valence-electron chi connectivity index (χ2n) is 9.36. The van der Waals surface area contributed by atoms with E-state index in [1.807, 2.05) is 40.1 Å². The van der Waals surface area contributed by atoms with Gasteiger partial charge in [0.15, 0.2) is 13.1 Å². The third-order valence-electron chi connectivity index (χ3n) is 4.65. The van der Waals surface area contributed by atoms with Crippen LogP contribution in [0, 0.1) is 0 Å². The molecule has 0 N–H and O–H groups in total. The van der Waals surface area contributed by atoms with Gasteiger partial charge in [0.2, 0.25) is 0 Å². The van der Waals surface area contributed by atoms with Crippen molar-refractivity contribution in [2.24, 2.45) is 0 Å². The third-order valence-corrected chi connectivity index (χ3v) is 4.65. The van der Waals surface area contributed by atoms with Gasteiger partial charge in [0, 0.05) is 0 Å². The molecule has 0 bridgehead atoms. The standard InChI is InChI=1S/C26H44NO4/c1-21(2)11-9-13-23(5)15-17-30-25(28)19-27(7,8)20-26(29)31-18-16-24(6)14-10-12-22(3)4/h11-12,15-16H,9-10,13-14,17-20H2,1-8H3/q+1. The summed E-state index contributed by atoms with van der Waals surface area (Å²) in [5, 5.41) is 0. The second-order valence-corrected chi connectivity index (χ2v) is 9.36. The zero-order valence-corrected chi connectivity index (χ0v) is 21.0. The molecular weight excluding hydrogens is 390 g/mol. The largest absolute Gasteiger partial charge is 0.457 e. The van der Waals surface area contributed by atoms with Crippen LogP contribution in [0.15, 0.2) is 46.6 Å². The van der Waals surface area contributed by atoms with Crippen molar-refractivity contribution in [1.29, 1.82) is 0 Å². The maximum absolute atomic E-state index is 12.1. The average Bonchev–Trinajstić information content (AvgIpc) is 2.59. The summed E-state index contributed by atoms with van der Waals surface area (Å²) in [4.78, 5) is 24.3. The predicted molar refractivity (Wildman–Crippen MR) is 129 cm³/mol. The molecule has 0 aromatic heterocycles. The Morgan fingerprint density at radius 1 is 0.645 bits per heavy atom. The first-order valence-corrected chi connectivity index (χ1v) is 11.1. The van der Waals surface area contributed by atoms with Crippen LogP contribution in [0.1, 0.15) is 67.2 Å². The molecule has 0 saturated heterocycles. The molecule has 0 rings (SSSR count). The molecule has 0 heterocycles. The molecule has 5 nitrogen and oxygen atoms in total. The number of ether oxygens (including phenoxy) is 2. The summed E-state index contributed by atoms with van der Waals surface area (Å²) in [7, 11) is 3.65. The van der Waals surface area contributed by atoms with Gasteiger partial charge in [0.1, 0.15) is 13.2 Å². The monoisotopic (exact) mass is 434 g/mol. The molecule has 0 unspecified atom stereocenters. The van der Waals surface area contributed by atoms with E-state index in [2.05, 4.69) is 39.8 Å². The first-order valence-electron chi connectivity index (χ1n) is 11.1. The number of allylic oxidation sites excluding steroid dienone is 6. The first-order chi connectivity index (χ1) is 14.4. The number of hydrogen-bond donors (Lipinski definition) is 0. The van der Waals surface area contributed by atoms with Gasteiger partial charge in [0.25, 0.3) is 0 Å². The van der Waals surface area contributed by atoms with Crippen molar-refractivity contribution in [3.63, 3.8) is 0 Å². The zero-order valence-electron chi connectivity index (χ0n) is 21.0. The quantitative estimate of drug-likeness (QED) is 0.205. The second kappa shape index (κ2) is 15.6. The molecule has 0 aliphatic rings. The van der Waals surface area contributed by atoms with E-state index in [1.54, 1.807) is 0 Å². The Morgan fingerprint density at radius 2 is 1.00 bits per heavy atom. The Kier molecular flexibility index (Phi) is 14.6. The Bertz CT molecular complexity index is 630. The van der Waals surface area contributed by atoms with Gasteiger partial charge in [-0.2, -0.15) is 0 Å². The Morgan fingerprint density at radius 3 is 1.32 bits per heavy atom. The summed E-state index contributed by atoms with van der Waals surface area (Å²) >= 11 is 0. The van der Waals surface area contributed by atoms with Crippen molar-refractivity contribution in [3.8, 4) is 0 Å². The van der Waals surface area contributed by atoms with Crippen molar-refractivity contribution in [2.45, 2.75) is 67.2 Å². The molecule has 0 aliphatic heterocycles. The van der Waals surface area contributed by atoms with Crippen LogP contribution in [0.25, 0.3) is 0 Å². The fourth-order valence-electron chi connectivity index (χ4n) is 2.78. The molecule has 0 atom stereocenters. The highest BCUT2D eigenvalue weighted by Crippen LogP contribution is 2.08. The number of nitrogens with zero attached hydrogens (tertiary/aromatic N) is 1. The summed E-state index contributed by atoms with van der Waals surface area (Å²) in [5.41, 5.74) is 5.02. The molecule has 0 saturated carbocycles. The molecule has 0 aliphatic carbocycles. The maximum Gasteiger partial charge on any atom is 0.362 e. The lowest BCUT2D eigenvalue weighted by molar-refractivity contribution is -0.875. The molecule has 31 heavy (non-hydrogen) atoms. The van der Waals surface area contributed by atoms with E-state index in [1.165, 1.54) is 22.3 Å². The SMILES string of the molecule is CC(C)=CCCC(C)=CCOC(=O)C[N+](C)(C)CC(=O)OCC=C(C)CCC=C(C)C. The lowest BCUT2D eigenvalue weighted by Gasteiger charge is -2.27. The molecule has 0 amide bonds. The number of carbonyl (C=O) groups excluding carboxylic acids is 2. The minimum atomic E-state index is -0.318. The summed E-state index contributed by atoms with van der Waals surface area (Å²) in [6.07, 6.45) is 12.2. The summed E-state index contributed by atoms with van der Waals surface area (Å²) in [6, 6.07) is 0. The molecule has 0 spiro atoms. The fraction of sp³-hybridized carbons (Fsp3) is 0.615. The average molecular weight is 435 g/mol. The molecular formula is C26H44NO4+. The van der Waals surface area contributed by atoms with Crippen molar-refractivity contribution in [2.75, 3.05) is 40.4 Å². The molecule has 0 fully saturated rings. The lowest BCUT2D eigenvalue weighted by Crippen LogP contribution is -2.48. The normalized spacial score (nSPS) is 12.3. The Balaban J connectivity index is 4.26. The van der Waals surface area contributed by atoms with Crippen LogP contribution in [0.4, 0.5) is 0 Å². The van der Waals surface area contributed by atoms with Crippen molar-refractivity contribution in [1.82, 2.24) is 0 Å². The van der Waals surface area contributed by atoms with Crippen LogP contribution in [-0.4, -0.2) is 56.8 Å². The Labute approximate surface area is 190 Å². The van der Waals surface area contributed by atoms with E-state index in [4.69, 9.17) is 9.47 Å². The summed E-state index contributed by atoms with van der Waals surface area (Å²) < 4.78 is 10.8. The predicted octanol–water partition coefficient (Wildman–Crippen LogP) is 5.53. The molecule has 0 aromatic rings. The van der Waals surface area contributed by atoms with Gasteiger partial charge < -0.3 is 14.0 Å². The van der Waals surface area contributed by atoms with E-state index in [0.717, 1.165) is 25.7 Å². The topological polar surface area (TPSA) is 52.6 Å². The van der Waals surface area contributed by atoms with Gasteiger partial charge in [-0.1, -0.05) is 34.4 Å². The van der Waals surface area contributed by atoms with E-state index in [9.17, 15) is 9.59 Å². The number of likely N-dealkylation sites (N-methyl/N-ethyl adjacent to an activating group) is 1. The molecule has 176 valence electrons. The summed E-state index contributed by atoms with van der Waals surface area (Å²) in [5.74, 6) is -0.637. The fourth-order valence-corrected chi connectivity index (χ4v) is 2.78. The summed E-state index contributed by atoms with van der Waals surface area (Å²) in [6.45, 7) is 13.2. The van der Waals surface area contributed by atoms with Gasteiger partial charge in [-0.15, -0.1) is 0 Å². The third kappa shape index (κ3) is 18.4. The van der Waals surface area contributed by atoms with Gasteiger partial charge in [0.05, 0.1) is 14.1 Å². The molecule has 0 radical (unpaired) electrons. The lowest BCUT2D eigenvalue weighted by atomic mass is 10.1. The minimum Gasteiger partial charge on any atom is -0.457 e. The van der Waals surface area contributed by atoms with Crippen molar-refractivity contribution in [3.05, 3.63) is 46.6 Å². The van der Waals surface area contributed by atoms with Gasteiger partial charge >= 0.3 is 11.9 Å². The Hall–Kier alpha value is -2.14. The van der Waals surface area contributed by atoms with Gasteiger partial charge in [-0.05, 0) is 79.4 Å². The maximum atomic E-state index is 12.1. The highest BCUT2D eigenvalue weighted by atomic mass is 16.5.